The molecule has 3 aromatic rings. The average molecular weight is 265 g/mol. The smallest absolute Gasteiger partial charge is 0.156 e. The van der Waals surface area contributed by atoms with Crippen LogP contribution in [0, 0.1) is 6.92 Å². The molecule has 0 unspecified atom stereocenters. The Morgan fingerprint density at radius 2 is 2.19 bits per heavy atom. The first-order valence-electron chi connectivity index (χ1n) is 4.61. The summed E-state index contributed by atoms with van der Waals surface area (Å²) in [5.74, 6) is 0. The lowest BCUT2D eigenvalue weighted by atomic mass is 10.4. The summed E-state index contributed by atoms with van der Waals surface area (Å²) in [6.45, 7) is 2.00. The van der Waals surface area contributed by atoms with Gasteiger partial charge in [0.05, 0.1) is 0 Å². The maximum absolute atomic E-state index is 4.42. The summed E-state index contributed by atoms with van der Waals surface area (Å²) in [6.07, 6.45) is 1.61. The van der Waals surface area contributed by atoms with Gasteiger partial charge in [0, 0.05) is 16.5 Å². The third-order valence-corrected chi connectivity index (χ3v) is 4.90. The lowest BCUT2D eigenvalue weighted by Crippen LogP contribution is -1.82. The number of thiophene rings is 1. The molecule has 3 rings (SSSR count). The van der Waals surface area contributed by atoms with E-state index in [1.807, 2.05) is 17.7 Å². The standard InChI is InChI=1S/C10H7N3S3/c1-6-4-15-10(13-6)16-9-7-2-3-14-8(7)11-5-12-9/h2-5H,1H3. The van der Waals surface area contributed by atoms with Crippen LogP contribution in [0.25, 0.3) is 10.2 Å². The van der Waals surface area contributed by atoms with Crippen LogP contribution in [0.2, 0.25) is 0 Å². The Labute approximate surface area is 105 Å². The van der Waals surface area contributed by atoms with E-state index in [2.05, 4.69) is 21.0 Å². The van der Waals surface area contributed by atoms with Gasteiger partial charge in [-0.05, 0) is 30.1 Å². The molecule has 0 atom stereocenters. The van der Waals surface area contributed by atoms with Gasteiger partial charge in [-0.25, -0.2) is 15.0 Å². The summed E-state index contributed by atoms with van der Waals surface area (Å²) in [5, 5.41) is 6.19. The summed E-state index contributed by atoms with van der Waals surface area (Å²) >= 11 is 4.89. The fraction of sp³-hybridized carbons (Fsp3) is 0.100. The highest BCUT2D eigenvalue weighted by Gasteiger charge is 2.08. The van der Waals surface area contributed by atoms with Crippen molar-refractivity contribution >= 4 is 44.7 Å². The fourth-order valence-electron chi connectivity index (χ4n) is 1.31. The molecule has 0 aromatic carbocycles. The summed E-state index contributed by atoms with van der Waals surface area (Å²) in [7, 11) is 0. The molecule has 0 amide bonds. The highest BCUT2D eigenvalue weighted by atomic mass is 32.2. The molecule has 80 valence electrons. The normalized spacial score (nSPS) is 11.1. The van der Waals surface area contributed by atoms with Crippen LogP contribution >= 0.6 is 34.4 Å². The van der Waals surface area contributed by atoms with Crippen molar-refractivity contribution in [3.63, 3.8) is 0 Å². The Hall–Kier alpha value is -0.980. The van der Waals surface area contributed by atoms with Crippen molar-refractivity contribution in [2.45, 2.75) is 16.3 Å². The zero-order valence-electron chi connectivity index (χ0n) is 8.38. The third-order valence-electron chi connectivity index (χ3n) is 2.01. The van der Waals surface area contributed by atoms with Gasteiger partial charge in [-0.1, -0.05) is 0 Å². The number of hydrogen-bond donors (Lipinski definition) is 0. The number of fused-ring (bicyclic) bond motifs is 1. The van der Waals surface area contributed by atoms with Crippen molar-refractivity contribution < 1.29 is 0 Å². The molecule has 3 nitrogen and oxygen atoms in total. The number of aromatic nitrogens is 3. The highest BCUT2D eigenvalue weighted by Crippen LogP contribution is 2.34. The van der Waals surface area contributed by atoms with Gasteiger partial charge in [0.1, 0.15) is 16.2 Å². The monoisotopic (exact) mass is 265 g/mol. The molecule has 0 spiro atoms. The van der Waals surface area contributed by atoms with Gasteiger partial charge in [0.25, 0.3) is 0 Å². The maximum atomic E-state index is 4.42. The van der Waals surface area contributed by atoms with Gasteiger partial charge in [-0.15, -0.1) is 22.7 Å². The zero-order valence-corrected chi connectivity index (χ0v) is 10.8. The second-order valence-corrected chi connectivity index (χ2v) is 6.16. The molecule has 3 heterocycles. The lowest BCUT2D eigenvalue weighted by molar-refractivity contribution is 1.10. The van der Waals surface area contributed by atoms with Gasteiger partial charge in [-0.3, -0.25) is 0 Å². The Kier molecular flexibility index (Phi) is 2.62. The van der Waals surface area contributed by atoms with Gasteiger partial charge < -0.3 is 0 Å². The largest absolute Gasteiger partial charge is 0.235 e. The maximum Gasteiger partial charge on any atom is 0.156 e. The van der Waals surface area contributed by atoms with E-state index in [1.54, 1.807) is 40.8 Å². The first kappa shape index (κ1) is 10.2. The molecule has 0 saturated heterocycles. The molecule has 0 aliphatic rings. The van der Waals surface area contributed by atoms with Crippen LogP contribution in [0.15, 0.2) is 32.5 Å². The SMILES string of the molecule is Cc1csc(Sc2ncnc3sccc23)n1. The predicted octanol–water partition coefficient (Wildman–Crippen LogP) is 3.61. The second-order valence-electron chi connectivity index (χ2n) is 3.18. The van der Waals surface area contributed by atoms with Crippen LogP contribution in [0.4, 0.5) is 0 Å². The molecule has 0 saturated carbocycles. The lowest BCUT2D eigenvalue weighted by Gasteiger charge is -1.97. The fourth-order valence-corrected chi connectivity index (χ4v) is 3.93. The Bertz CT molecular complexity index is 629. The third kappa shape index (κ3) is 1.83. The number of nitrogens with zero attached hydrogens (tertiary/aromatic N) is 3. The molecule has 6 heteroatoms. The number of hydrogen-bond acceptors (Lipinski definition) is 6. The van der Waals surface area contributed by atoms with Crippen LogP contribution in [0.3, 0.4) is 0 Å². The van der Waals surface area contributed by atoms with Gasteiger partial charge in [-0.2, -0.15) is 0 Å². The quantitative estimate of drug-likeness (QED) is 0.664. The van der Waals surface area contributed by atoms with Crippen LogP contribution in [0.1, 0.15) is 5.69 Å². The average Bonchev–Trinajstić information content (AvgIpc) is 2.87. The predicted molar refractivity (Wildman–Crippen MR) is 68.4 cm³/mol. The summed E-state index contributed by atoms with van der Waals surface area (Å²) in [5.41, 5.74) is 1.06. The van der Waals surface area contributed by atoms with Crippen LogP contribution in [0.5, 0.6) is 0 Å². The number of aryl methyl sites for hydroxylation is 1. The zero-order chi connectivity index (χ0) is 11.0. The number of thiazole rings is 1. The molecule has 0 N–H and O–H groups in total. The second kappa shape index (κ2) is 4.12. The molecule has 0 aliphatic carbocycles. The molecule has 0 fully saturated rings. The van der Waals surface area contributed by atoms with Crippen LogP contribution < -0.4 is 0 Å². The Balaban J connectivity index is 2.03. The molecular weight excluding hydrogens is 258 g/mol. The van der Waals surface area contributed by atoms with E-state index in [-0.39, 0.29) is 0 Å². The van der Waals surface area contributed by atoms with E-state index < -0.39 is 0 Å². The molecule has 0 aliphatic heterocycles. The highest BCUT2D eigenvalue weighted by molar-refractivity contribution is 8.01. The van der Waals surface area contributed by atoms with Gasteiger partial charge >= 0.3 is 0 Å². The molecule has 3 aromatic heterocycles. The van der Waals surface area contributed by atoms with E-state index >= 15 is 0 Å². The van der Waals surface area contributed by atoms with E-state index in [0.29, 0.717) is 0 Å². The van der Waals surface area contributed by atoms with Gasteiger partial charge in [0.15, 0.2) is 4.34 Å². The van der Waals surface area contributed by atoms with Crippen molar-refractivity contribution in [3.8, 4) is 0 Å². The minimum atomic E-state index is 0.987. The number of rotatable bonds is 2. The van der Waals surface area contributed by atoms with E-state index in [9.17, 15) is 0 Å². The molecular formula is C10H7N3S3. The van der Waals surface area contributed by atoms with Crippen molar-refractivity contribution in [3.05, 3.63) is 28.8 Å². The Morgan fingerprint density at radius 1 is 1.25 bits per heavy atom. The van der Waals surface area contributed by atoms with E-state index in [1.165, 1.54) is 0 Å². The summed E-state index contributed by atoms with van der Waals surface area (Å²) in [4.78, 5) is 14.0. The molecule has 16 heavy (non-hydrogen) atoms. The molecule has 0 radical (unpaired) electrons. The topological polar surface area (TPSA) is 38.7 Å². The van der Waals surface area contributed by atoms with Crippen LogP contribution in [-0.2, 0) is 0 Å². The summed E-state index contributed by atoms with van der Waals surface area (Å²) in [6, 6.07) is 2.06. The van der Waals surface area contributed by atoms with Crippen molar-refractivity contribution in [2.75, 3.05) is 0 Å². The first-order chi connectivity index (χ1) is 7.83. The van der Waals surface area contributed by atoms with Crippen molar-refractivity contribution in [1.29, 1.82) is 0 Å². The first-order valence-corrected chi connectivity index (χ1v) is 7.19. The van der Waals surface area contributed by atoms with E-state index in [4.69, 9.17) is 0 Å². The van der Waals surface area contributed by atoms with Crippen molar-refractivity contribution in [1.82, 2.24) is 15.0 Å². The minimum absolute atomic E-state index is 0.987. The Morgan fingerprint density at radius 3 is 3.00 bits per heavy atom. The van der Waals surface area contributed by atoms with E-state index in [0.717, 1.165) is 25.3 Å². The van der Waals surface area contributed by atoms with Gasteiger partial charge in [0.2, 0.25) is 0 Å². The van der Waals surface area contributed by atoms with Crippen molar-refractivity contribution in [2.24, 2.45) is 0 Å². The molecule has 0 bridgehead atoms. The summed E-state index contributed by atoms with van der Waals surface area (Å²) < 4.78 is 1.03. The van der Waals surface area contributed by atoms with Crippen LogP contribution in [-0.4, -0.2) is 15.0 Å². The minimum Gasteiger partial charge on any atom is -0.235 e.